The van der Waals surface area contributed by atoms with E-state index in [1.807, 2.05) is 0 Å². The summed E-state index contributed by atoms with van der Waals surface area (Å²) in [7, 11) is 0. The molecule has 0 bridgehead atoms. The maximum Gasteiger partial charge on any atom is 0.319 e. The smallest absolute Gasteiger partial charge is 0.319 e. The van der Waals surface area contributed by atoms with Crippen molar-refractivity contribution < 1.29 is 28.2 Å². The first kappa shape index (κ1) is 26.7. The van der Waals surface area contributed by atoms with Crippen molar-refractivity contribution in [2.45, 2.75) is 38.1 Å². The number of ether oxygens (including phenoxy) is 1. The number of alkyl halides is 1. The number of benzene rings is 2. The Bertz CT molecular complexity index is 1260. The van der Waals surface area contributed by atoms with Crippen LogP contribution in [0, 0.1) is 5.82 Å². The third-order valence-electron chi connectivity index (χ3n) is 6.33. The van der Waals surface area contributed by atoms with E-state index < -0.39 is 30.0 Å². The highest BCUT2D eigenvalue weighted by molar-refractivity contribution is 7.11. The van der Waals surface area contributed by atoms with Gasteiger partial charge in [0.15, 0.2) is 0 Å². The van der Waals surface area contributed by atoms with Crippen molar-refractivity contribution in [3.63, 3.8) is 0 Å². The fourth-order valence-corrected chi connectivity index (χ4v) is 5.14. The average Bonchev–Trinajstić information content (AvgIpc) is 3.49. The molecule has 0 spiro atoms. The zero-order valence-corrected chi connectivity index (χ0v) is 20.9. The van der Waals surface area contributed by atoms with Crippen LogP contribution in [0.1, 0.15) is 48.0 Å². The molecule has 2 unspecified atom stereocenters. The topological polar surface area (TPSA) is 130 Å². The van der Waals surface area contributed by atoms with Crippen LogP contribution in [0.15, 0.2) is 36.4 Å². The number of amides is 3. The molecule has 1 saturated heterocycles. The van der Waals surface area contributed by atoms with E-state index in [0.29, 0.717) is 28.8 Å². The van der Waals surface area contributed by atoms with Crippen molar-refractivity contribution in [2.24, 2.45) is 5.73 Å². The van der Waals surface area contributed by atoms with Crippen LogP contribution in [0.3, 0.4) is 0 Å². The van der Waals surface area contributed by atoms with Gasteiger partial charge in [0.2, 0.25) is 5.88 Å². The summed E-state index contributed by atoms with van der Waals surface area (Å²) in [6, 6.07) is 9.05. The summed E-state index contributed by atoms with van der Waals surface area (Å²) in [5.41, 5.74) is 4.78. The van der Waals surface area contributed by atoms with E-state index in [4.69, 9.17) is 10.5 Å². The van der Waals surface area contributed by atoms with Crippen molar-refractivity contribution in [3.8, 4) is 5.88 Å². The Balaban J connectivity index is 1.33. The summed E-state index contributed by atoms with van der Waals surface area (Å²) in [5, 5.41) is 15.8. The minimum absolute atomic E-state index is 0.00552. The van der Waals surface area contributed by atoms with Gasteiger partial charge in [0.1, 0.15) is 16.4 Å². The molecule has 12 heteroatoms. The number of hydrogen-bond donors (Lipinski definition) is 4. The number of urea groups is 1. The molecular formula is C25H29F2N5O4S. The molecule has 0 saturated carbocycles. The van der Waals surface area contributed by atoms with Gasteiger partial charge in [0.25, 0.3) is 12.3 Å². The van der Waals surface area contributed by atoms with Crippen LogP contribution in [0.25, 0.3) is 10.8 Å². The lowest BCUT2D eigenvalue weighted by Crippen LogP contribution is -2.34. The Kier molecular flexibility index (Phi) is 8.85. The second-order valence-electron chi connectivity index (χ2n) is 8.81. The quantitative estimate of drug-likeness (QED) is 0.276. The minimum Gasteiger partial charge on any atom is -0.437 e. The molecule has 0 aliphatic carbocycles. The predicted molar refractivity (Wildman–Crippen MR) is 137 cm³/mol. The number of primary amides is 1. The number of carbonyl (C=O) groups excluding carboxylic acids is 2. The van der Waals surface area contributed by atoms with Gasteiger partial charge in [-0.3, -0.25) is 15.0 Å². The molecule has 9 nitrogen and oxygen atoms in total. The fraction of sp³-hybridized carbons (Fsp3) is 0.400. The number of hydrogen-bond acceptors (Lipinski definition) is 7. The van der Waals surface area contributed by atoms with E-state index in [0.717, 1.165) is 38.8 Å². The van der Waals surface area contributed by atoms with E-state index in [2.05, 4.69) is 19.9 Å². The molecule has 0 radical (unpaired) electrons. The SMILES string of the molecule is NC(=O)c1c(OC(F)c2cc3ccccc3cc2F)nsc1NC(=O)NCCCCN1CCCC1CO. The molecule has 1 aliphatic rings. The number of rotatable bonds is 11. The normalized spacial score (nSPS) is 16.6. The van der Waals surface area contributed by atoms with Gasteiger partial charge in [-0.2, -0.15) is 8.76 Å². The summed E-state index contributed by atoms with van der Waals surface area (Å²) in [6.45, 7) is 2.37. The monoisotopic (exact) mass is 533 g/mol. The summed E-state index contributed by atoms with van der Waals surface area (Å²) >= 11 is 0.701. The number of fused-ring (bicyclic) bond motifs is 1. The van der Waals surface area contributed by atoms with Crippen molar-refractivity contribution in [1.82, 2.24) is 14.6 Å². The first-order chi connectivity index (χ1) is 17.9. The standard InChI is InChI=1S/C25H29F2N5O4S/c26-19-13-16-7-2-1-6-15(16)12-18(19)21(27)36-23-20(22(28)34)24(37-31-23)30-25(35)29-9-3-4-10-32-11-5-8-17(32)14-33/h1-2,6-7,12-13,17,21,33H,3-5,8-11,14H2,(H2,28,34)(H2,29,30,35). The highest BCUT2D eigenvalue weighted by Crippen LogP contribution is 2.35. The lowest BCUT2D eigenvalue weighted by atomic mass is 10.1. The maximum atomic E-state index is 15.0. The molecule has 1 aliphatic heterocycles. The number of aliphatic hydroxyl groups excluding tert-OH is 1. The second kappa shape index (κ2) is 12.3. The van der Waals surface area contributed by atoms with E-state index in [-0.39, 0.29) is 28.8 Å². The van der Waals surface area contributed by atoms with Crippen molar-refractivity contribution in [1.29, 1.82) is 0 Å². The summed E-state index contributed by atoms with van der Waals surface area (Å²) < 4.78 is 38.5. The van der Waals surface area contributed by atoms with Crippen molar-refractivity contribution in [2.75, 3.05) is 31.6 Å². The zero-order valence-electron chi connectivity index (χ0n) is 20.1. The number of likely N-dealkylation sites (tertiary alicyclic amines) is 1. The highest BCUT2D eigenvalue weighted by atomic mass is 32.1. The number of nitrogens with zero attached hydrogens (tertiary/aromatic N) is 2. The fourth-order valence-electron chi connectivity index (χ4n) is 4.41. The summed E-state index contributed by atoms with van der Waals surface area (Å²) in [4.78, 5) is 26.6. The lowest BCUT2D eigenvalue weighted by Gasteiger charge is -2.22. The van der Waals surface area contributed by atoms with Gasteiger partial charge in [-0.15, -0.1) is 0 Å². The van der Waals surface area contributed by atoms with Crippen LogP contribution in [0.4, 0.5) is 18.6 Å². The van der Waals surface area contributed by atoms with E-state index in [1.54, 1.807) is 24.3 Å². The van der Waals surface area contributed by atoms with Crippen LogP contribution in [-0.2, 0) is 0 Å². The van der Waals surface area contributed by atoms with Crippen LogP contribution in [0.5, 0.6) is 5.88 Å². The first-order valence-electron chi connectivity index (χ1n) is 12.1. The number of aliphatic hydroxyl groups is 1. The Morgan fingerprint density at radius 1 is 1.27 bits per heavy atom. The number of carbonyl (C=O) groups is 2. The molecule has 1 aromatic heterocycles. The first-order valence-corrected chi connectivity index (χ1v) is 12.8. The molecular weight excluding hydrogens is 504 g/mol. The average molecular weight is 534 g/mol. The third kappa shape index (κ3) is 6.51. The van der Waals surface area contributed by atoms with Crippen molar-refractivity contribution >= 4 is 39.2 Å². The van der Waals surface area contributed by atoms with Gasteiger partial charge < -0.3 is 20.9 Å². The molecule has 4 rings (SSSR count). The number of halogens is 2. The van der Waals surface area contributed by atoms with Gasteiger partial charge in [0.05, 0.1) is 12.2 Å². The molecule has 3 amide bonds. The van der Waals surface area contributed by atoms with Crippen LogP contribution >= 0.6 is 11.5 Å². The molecule has 198 valence electrons. The number of nitrogens with two attached hydrogens (primary N) is 1. The Hall–Kier alpha value is -3.35. The molecule has 2 heterocycles. The van der Waals surface area contributed by atoms with Gasteiger partial charge in [-0.1, -0.05) is 24.3 Å². The van der Waals surface area contributed by atoms with Crippen LogP contribution in [-0.4, -0.2) is 58.6 Å². The minimum atomic E-state index is -2.26. The van der Waals surface area contributed by atoms with E-state index in [9.17, 15) is 23.5 Å². The van der Waals surface area contributed by atoms with Gasteiger partial charge in [0, 0.05) is 12.6 Å². The van der Waals surface area contributed by atoms with Crippen molar-refractivity contribution in [3.05, 3.63) is 53.3 Å². The van der Waals surface area contributed by atoms with E-state index >= 15 is 0 Å². The third-order valence-corrected chi connectivity index (χ3v) is 7.07. The molecule has 1 fully saturated rings. The van der Waals surface area contributed by atoms with Crippen LogP contribution in [0.2, 0.25) is 0 Å². The number of unbranched alkanes of at least 4 members (excludes halogenated alkanes) is 1. The number of nitrogens with one attached hydrogen (secondary N) is 2. The number of aromatic nitrogens is 1. The van der Waals surface area contributed by atoms with E-state index in [1.165, 1.54) is 12.1 Å². The van der Waals surface area contributed by atoms with Gasteiger partial charge >= 0.3 is 6.03 Å². The molecule has 5 N–H and O–H groups in total. The predicted octanol–water partition coefficient (Wildman–Crippen LogP) is 3.94. The largest absolute Gasteiger partial charge is 0.437 e. The maximum absolute atomic E-state index is 15.0. The zero-order chi connectivity index (χ0) is 26.4. The summed E-state index contributed by atoms with van der Waals surface area (Å²) in [6.07, 6.45) is 1.40. The van der Waals surface area contributed by atoms with Gasteiger partial charge in [-0.25, -0.2) is 9.18 Å². The molecule has 3 aromatic rings. The Morgan fingerprint density at radius 3 is 2.76 bits per heavy atom. The number of anilines is 1. The molecule has 2 aromatic carbocycles. The summed E-state index contributed by atoms with van der Waals surface area (Å²) in [5.74, 6) is -2.22. The highest BCUT2D eigenvalue weighted by Gasteiger charge is 2.26. The molecule has 2 atom stereocenters. The Morgan fingerprint density at radius 2 is 2.03 bits per heavy atom. The lowest BCUT2D eigenvalue weighted by molar-refractivity contribution is 0.0587. The molecule has 37 heavy (non-hydrogen) atoms. The Labute approximate surface area is 216 Å². The van der Waals surface area contributed by atoms with Gasteiger partial charge in [-0.05, 0) is 73.2 Å². The second-order valence-corrected chi connectivity index (χ2v) is 9.59. The van der Waals surface area contributed by atoms with Crippen LogP contribution < -0.4 is 21.1 Å².